The van der Waals surface area contributed by atoms with Gasteiger partial charge in [0.25, 0.3) is 0 Å². The van der Waals surface area contributed by atoms with Crippen LogP contribution in [0.15, 0.2) is 12.2 Å². The van der Waals surface area contributed by atoms with Crippen LogP contribution in [-0.2, 0) is 28.6 Å². The molecule has 0 saturated carbocycles. The lowest BCUT2D eigenvalue weighted by molar-refractivity contribution is -0.167. The molecule has 1 unspecified atom stereocenters. The minimum Gasteiger partial charge on any atom is -0.462 e. The molecule has 61 heavy (non-hydrogen) atoms. The summed E-state index contributed by atoms with van der Waals surface area (Å²) in [4.78, 5) is 38.0. The Bertz CT molecular complexity index is 947. The molecule has 1 atom stereocenters. The van der Waals surface area contributed by atoms with Crippen molar-refractivity contribution < 1.29 is 28.6 Å². The Morgan fingerprint density at radius 2 is 0.541 bits per heavy atom. The van der Waals surface area contributed by atoms with E-state index in [1.54, 1.807) is 0 Å². The van der Waals surface area contributed by atoms with Gasteiger partial charge in [0.2, 0.25) is 0 Å². The van der Waals surface area contributed by atoms with Gasteiger partial charge in [0.15, 0.2) is 6.10 Å². The van der Waals surface area contributed by atoms with Crippen LogP contribution in [0.3, 0.4) is 0 Å². The summed E-state index contributed by atoms with van der Waals surface area (Å²) in [5.74, 6) is -0.867. The molecule has 0 aliphatic rings. The first kappa shape index (κ1) is 59.1. The molecule has 6 nitrogen and oxygen atoms in total. The Morgan fingerprint density at radius 3 is 0.836 bits per heavy atom. The summed E-state index contributed by atoms with van der Waals surface area (Å²) in [7, 11) is 0. The summed E-state index contributed by atoms with van der Waals surface area (Å²) in [6.45, 7) is 6.66. The molecule has 0 aromatic heterocycles. The van der Waals surface area contributed by atoms with Crippen LogP contribution in [0, 0.1) is 0 Å². The number of carbonyl (C=O) groups is 3. The zero-order chi connectivity index (χ0) is 44.4. The predicted octanol–water partition coefficient (Wildman–Crippen LogP) is 17.8. The molecule has 0 bridgehead atoms. The fraction of sp³-hybridized carbons (Fsp3) is 0.909. The summed E-state index contributed by atoms with van der Waals surface area (Å²) in [5.41, 5.74) is 0. The number of rotatable bonds is 50. The zero-order valence-corrected chi connectivity index (χ0v) is 41.2. The summed E-state index contributed by atoms with van der Waals surface area (Å²) >= 11 is 0. The van der Waals surface area contributed by atoms with Crippen LogP contribution in [-0.4, -0.2) is 37.2 Å². The van der Waals surface area contributed by atoms with Crippen molar-refractivity contribution in [2.45, 2.75) is 309 Å². The third kappa shape index (κ3) is 49.0. The number of esters is 3. The van der Waals surface area contributed by atoms with E-state index >= 15 is 0 Å². The molecule has 0 saturated heterocycles. The third-order valence-corrected chi connectivity index (χ3v) is 12.3. The number of unbranched alkanes of at least 4 members (excludes halogenated alkanes) is 37. The van der Waals surface area contributed by atoms with E-state index in [1.807, 2.05) is 0 Å². The van der Waals surface area contributed by atoms with Gasteiger partial charge < -0.3 is 14.2 Å². The van der Waals surface area contributed by atoms with Crippen LogP contribution < -0.4 is 0 Å². The fourth-order valence-electron chi connectivity index (χ4n) is 8.14. The second-order valence-electron chi connectivity index (χ2n) is 18.5. The van der Waals surface area contributed by atoms with E-state index in [1.165, 1.54) is 193 Å². The molecule has 360 valence electrons. The molecule has 0 aliphatic carbocycles. The maximum atomic E-state index is 12.8. The Kier molecular flexibility index (Phi) is 49.3. The fourth-order valence-corrected chi connectivity index (χ4v) is 8.14. The molecule has 6 heteroatoms. The number of hydrogen-bond donors (Lipinski definition) is 0. The first-order chi connectivity index (χ1) is 30.0. The van der Waals surface area contributed by atoms with E-state index < -0.39 is 6.10 Å². The van der Waals surface area contributed by atoms with E-state index in [-0.39, 0.29) is 31.1 Å². The smallest absolute Gasteiger partial charge is 0.306 e. The second-order valence-corrected chi connectivity index (χ2v) is 18.5. The van der Waals surface area contributed by atoms with Crippen LogP contribution in [0.25, 0.3) is 0 Å². The lowest BCUT2D eigenvalue weighted by Crippen LogP contribution is -2.30. The SMILES string of the molecule is CCCCCCCC/C=C\CCCCCC(=O)OC(COC(=O)CCCCCCCCCCCCCCC)COC(=O)CCCCCCCCCCCCCCCCCCC. The maximum absolute atomic E-state index is 12.8. The summed E-state index contributed by atoms with van der Waals surface area (Å²) in [5, 5.41) is 0. The number of hydrogen-bond acceptors (Lipinski definition) is 6. The van der Waals surface area contributed by atoms with Crippen LogP contribution in [0.4, 0.5) is 0 Å². The standard InChI is InChI=1S/C55H104O6/c1-4-7-10-13-16-19-22-25-26-27-28-31-33-36-39-42-45-48-54(57)60-51-52(61-55(58)49-46-43-40-37-34-30-24-21-18-15-12-9-6-3)50-59-53(56)47-44-41-38-35-32-29-23-20-17-14-11-8-5-2/h30,34,52H,4-29,31-33,35-51H2,1-3H3/b34-30-. The van der Waals surface area contributed by atoms with Crippen molar-refractivity contribution in [2.24, 2.45) is 0 Å². The molecule has 0 heterocycles. The van der Waals surface area contributed by atoms with Crippen molar-refractivity contribution in [1.82, 2.24) is 0 Å². The summed E-state index contributed by atoms with van der Waals surface area (Å²) < 4.78 is 16.8. The normalized spacial score (nSPS) is 12.0. The second kappa shape index (κ2) is 50.8. The Balaban J connectivity index is 4.31. The molecular formula is C55H104O6. The molecule has 0 spiro atoms. The van der Waals surface area contributed by atoms with Gasteiger partial charge in [-0.15, -0.1) is 0 Å². The Hall–Kier alpha value is -1.85. The highest BCUT2D eigenvalue weighted by Crippen LogP contribution is 2.17. The number of carbonyl (C=O) groups excluding carboxylic acids is 3. The monoisotopic (exact) mass is 861 g/mol. The van der Waals surface area contributed by atoms with Gasteiger partial charge in [0, 0.05) is 19.3 Å². The van der Waals surface area contributed by atoms with Gasteiger partial charge in [0.05, 0.1) is 0 Å². The van der Waals surface area contributed by atoms with Crippen molar-refractivity contribution in [3.63, 3.8) is 0 Å². The molecule has 0 N–H and O–H groups in total. The molecule has 0 rings (SSSR count). The van der Waals surface area contributed by atoms with Crippen molar-refractivity contribution in [1.29, 1.82) is 0 Å². The van der Waals surface area contributed by atoms with Crippen molar-refractivity contribution in [3.8, 4) is 0 Å². The number of allylic oxidation sites excluding steroid dienone is 2. The van der Waals surface area contributed by atoms with E-state index in [0.717, 1.165) is 70.6 Å². The van der Waals surface area contributed by atoms with E-state index in [0.29, 0.717) is 19.3 Å². The van der Waals surface area contributed by atoms with Gasteiger partial charge in [0.1, 0.15) is 13.2 Å². The minimum atomic E-state index is -0.771. The average Bonchev–Trinajstić information content (AvgIpc) is 3.26. The van der Waals surface area contributed by atoms with Crippen molar-refractivity contribution in [3.05, 3.63) is 12.2 Å². The third-order valence-electron chi connectivity index (χ3n) is 12.3. The van der Waals surface area contributed by atoms with Crippen LogP contribution >= 0.6 is 0 Å². The van der Waals surface area contributed by atoms with Crippen LogP contribution in [0.2, 0.25) is 0 Å². The van der Waals surface area contributed by atoms with Crippen LogP contribution in [0.5, 0.6) is 0 Å². The highest BCUT2D eigenvalue weighted by Gasteiger charge is 2.19. The van der Waals surface area contributed by atoms with E-state index in [9.17, 15) is 14.4 Å². The Labute approximate surface area is 380 Å². The molecule has 0 radical (unpaired) electrons. The lowest BCUT2D eigenvalue weighted by atomic mass is 10.0. The van der Waals surface area contributed by atoms with Gasteiger partial charge in [-0.25, -0.2) is 0 Å². The highest BCUT2D eigenvalue weighted by molar-refractivity contribution is 5.71. The lowest BCUT2D eigenvalue weighted by Gasteiger charge is -2.18. The first-order valence-corrected chi connectivity index (χ1v) is 27.2. The average molecular weight is 861 g/mol. The van der Waals surface area contributed by atoms with Crippen molar-refractivity contribution >= 4 is 17.9 Å². The summed E-state index contributed by atoms with van der Waals surface area (Å²) in [6, 6.07) is 0. The Morgan fingerprint density at radius 1 is 0.311 bits per heavy atom. The molecule has 0 fully saturated rings. The van der Waals surface area contributed by atoms with Gasteiger partial charge in [-0.05, 0) is 44.9 Å². The highest BCUT2D eigenvalue weighted by atomic mass is 16.6. The van der Waals surface area contributed by atoms with Gasteiger partial charge in [-0.3, -0.25) is 14.4 Å². The molecular weight excluding hydrogens is 757 g/mol. The van der Waals surface area contributed by atoms with E-state index in [4.69, 9.17) is 14.2 Å². The van der Waals surface area contributed by atoms with Crippen LogP contribution in [0.1, 0.15) is 303 Å². The number of ether oxygens (including phenoxy) is 3. The first-order valence-electron chi connectivity index (χ1n) is 27.2. The quantitative estimate of drug-likeness (QED) is 0.0262. The van der Waals surface area contributed by atoms with Gasteiger partial charge in [-0.2, -0.15) is 0 Å². The topological polar surface area (TPSA) is 78.9 Å². The van der Waals surface area contributed by atoms with Gasteiger partial charge >= 0.3 is 17.9 Å². The largest absolute Gasteiger partial charge is 0.462 e. The molecule has 0 aromatic rings. The van der Waals surface area contributed by atoms with Crippen molar-refractivity contribution in [2.75, 3.05) is 13.2 Å². The maximum Gasteiger partial charge on any atom is 0.306 e. The zero-order valence-electron chi connectivity index (χ0n) is 41.2. The molecule has 0 amide bonds. The molecule has 0 aromatic carbocycles. The molecule has 0 aliphatic heterocycles. The minimum absolute atomic E-state index is 0.0705. The predicted molar refractivity (Wildman–Crippen MR) is 261 cm³/mol. The summed E-state index contributed by atoms with van der Waals surface area (Å²) in [6.07, 6.45) is 56.2. The van der Waals surface area contributed by atoms with E-state index in [2.05, 4.69) is 32.9 Å². The van der Waals surface area contributed by atoms with Gasteiger partial charge in [-0.1, -0.05) is 251 Å².